The first-order valence-electron chi connectivity index (χ1n) is 6.96. The van der Waals surface area contributed by atoms with Crippen LogP contribution in [0.5, 0.6) is 11.6 Å². The molecule has 0 fully saturated rings. The minimum Gasteiger partial charge on any atom is -0.489 e. The predicted molar refractivity (Wildman–Crippen MR) is 83.0 cm³/mol. The highest BCUT2D eigenvalue weighted by Crippen LogP contribution is 2.29. The van der Waals surface area contributed by atoms with Crippen LogP contribution in [0.15, 0.2) is 40.9 Å². The van der Waals surface area contributed by atoms with Crippen molar-refractivity contribution in [3.8, 4) is 11.6 Å². The Labute approximate surface area is 132 Å². The van der Waals surface area contributed by atoms with Crippen molar-refractivity contribution < 1.29 is 23.8 Å². The number of rotatable bonds is 5. The molecule has 6 nitrogen and oxygen atoms in total. The van der Waals surface area contributed by atoms with Crippen LogP contribution in [-0.2, 0) is 6.61 Å². The molecule has 0 aliphatic heterocycles. The second-order valence-electron chi connectivity index (χ2n) is 4.99. The molecular formula is C17H15NO5. The molecule has 0 radical (unpaired) electrons. The summed E-state index contributed by atoms with van der Waals surface area (Å²) in [6.07, 6.45) is 1.67. The Morgan fingerprint density at radius 1 is 1.30 bits per heavy atom. The lowest BCUT2D eigenvalue weighted by Gasteiger charge is -2.06. The number of ether oxygens (including phenoxy) is 2. The maximum atomic E-state index is 11.3. The smallest absolute Gasteiger partial charge is 0.339 e. The number of furan rings is 1. The summed E-state index contributed by atoms with van der Waals surface area (Å²) in [4.78, 5) is 15.4. The fourth-order valence-corrected chi connectivity index (χ4v) is 2.34. The summed E-state index contributed by atoms with van der Waals surface area (Å²) >= 11 is 0. The molecule has 0 bridgehead atoms. The van der Waals surface area contributed by atoms with E-state index in [9.17, 15) is 9.90 Å². The quantitative estimate of drug-likeness (QED) is 0.777. The number of benzene rings is 1. The van der Waals surface area contributed by atoms with Gasteiger partial charge in [-0.25, -0.2) is 9.78 Å². The van der Waals surface area contributed by atoms with E-state index in [0.29, 0.717) is 35.0 Å². The highest BCUT2D eigenvalue weighted by Gasteiger charge is 2.17. The minimum absolute atomic E-state index is 0.163. The summed E-state index contributed by atoms with van der Waals surface area (Å²) in [7, 11) is 1.56. The van der Waals surface area contributed by atoms with Crippen LogP contribution in [0, 0.1) is 6.92 Å². The molecule has 0 atom stereocenters. The molecular weight excluding hydrogens is 298 g/mol. The Morgan fingerprint density at radius 2 is 2.13 bits per heavy atom. The summed E-state index contributed by atoms with van der Waals surface area (Å²) in [5.74, 6) is 0.466. The van der Waals surface area contributed by atoms with Crippen LogP contribution in [0.1, 0.15) is 21.7 Å². The van der Waals surface area contributed by atoms with Gasteiger partial charge in [-0.3, -0.25) is 0 Å². The van der Waals surface area contributed by atoms with Crippen LogP contribution in [0.2, 0.25) is 0 Å². The number of hydrogen-bond acceptors (Lipinski definition) is 5. The number of carboxylic acids is 1. The van der Waals surface area contributed by atoms with Gasteiger partial charge in [-0.1, -0.05) is 0 Å². The van der Waals surface area contributed by atoms with Gasteiger partial charge < -0.3 is 19.0 Å². The molecule has 0 aliphatic rings. The van der Waals surface area contributed by atoms with Gasteiger partial charge in [0, 0.05) is 23.2 Å². The molecule has 6 heteroatoms. The standard InChI is InChI=1S/C17H15NO5/c1-10-16(17(19)20)13-7-12(4-5-14(13)23-10)22-9-11-3-6-15(21-2)18-8-11/h3-8H,9H2,1-2H3,(H,19,20). The molecule has 3 aromatic rings. The van der Waals surface area contributed by atoms with E-state index >= 15 is 0 Å². The van der Waals surface area contributed by atoms with Crippen LogP contribution in [0.3, 0.4) is 0 Å². The zero-order valence-corrected chi connectivity index (χ0v) is 12.7. The molecule has 0 saturated heterocycles. The van der Waals surface area contributed by atoms with Crippen molar-refractivity contribution >= 4 is 16.9 Å². The molecule has 2 heterocycles. The Kier molecular flexibility index (Phi) is 3.89. The molecule has 118 valence electrons. The molecule has 0 aliphatic carbocycles. The number of aryl methyl sites for hydroxylation is 1. The van der Waals surface area contributed by atoms with E-state index in [-0.39, 0.29) is 5.56 Å². The van der Waals surface area contributed by atoms with E-state index in [1.807, 2.05) is 6.07 Å². The average molecular weight is 313 g/mol. The highest BCUT2D eigenvalue weighted by molar-refractivity contribution is 6.03. The lowest BCUT2D eigenvalue weighted by molar-refractivity contribution is 0.0697. The van der Waals surface area contributed by atoms with Gasteiger partial charge in [0.15, 0.2) is 0 Å². The third kappa shape index (κ3) is 2.96. The summed E-state index contributed by atoms with van der Waals surface area (Å²) in [6, 6.07) is 8.73. The number of aromatic carboxylic acids is 1. The van der Waals surface area contributed by atoms with Gasteiger partial charge in [0.05, 0.1) is 7.11 Å². The van der Waals surface area contributed by atoms with Crippen LogP contribution in [0.4, 0.5) is 0 Å². The molecule has 0 amide bonds. The molecule has 3 rings (SSSR count). The van der Waals surface area contributed by atoms with Crippen LogP contribution < -0.4 is 9.47 Å². The van der Waals surface area contributed by atoms with Gasteiger partial charge in [0.25, 0.3) is 0 Å². The van der Waals surface area contributed by atoms with Crippen molar-refractivity contribution in [1.29, 1.82) is 0 Å². The number of carbonyl (C=O) groups is 1. The van der Waals surface area contributed by atoms with E-state index in [1.165, 1.54) is 0 Å². The highest BCUT2D eigenvalue weighted by atomic mass is 16.5. The van der Waals surface area contributed by atoms with Crippen molar-refractivity contribution in [3.63, 3.8) is 0 Å². The number of pyridine rings is 1. The topological polar surface area (TPSA) is 81.8 Å². The van der Waals surface area contributed by atoms with Gasteiger partial charge in [-0.2, -0.15) is 0 Å². The zero-order chi connectivity index (χ0) is 16.4. The first-order valence-corrected chi connectivity index (χ1v) is 6.96. The third-order valence-electron chi connectivity index (χ3n) is 3.46. The second kappa shape index (κ2) is 6.00. The third-order valence-corrected chi connectivity index (χ3v) is 3.46. The predicted octanol–water partition coefficient (Wildman–Crippen LogP) is 3.42. The summed E-state index contributed by atoms with van der Waals surface area (Å²) in [5, 5.41) is 9.81. The largest absolute Gasteiger partial charge is 0.489 e. The molecule has 2 aromatic heterocycles. The Morgan fingerprint density at radius 3 is 2.78 bits per heavy atom. The summed E-state index contributed by atoms with van der Waals surface area (Å²) < 4.78 is 16.1. The van der Waals surface area contributed by atoms with Gasteiger partial charge in [0.1, 0.15) is 29.3 Å². The number of carboxylic acid groups (broad SMARTS) is 1. The molecule has 0 saturated carbocycles. The SMILES string of the molecule is COc1ccc(COc2ccc3oc(C)c(C(=O)O)c3c2)cn1. The zero-order valence-electron chi connectivity index (χ0n) is 12.7. The lowest BCUT2D eigenvalue weighted by atomic mass is 10.1. The van der Waals surface area contributed by atoms with Crippen LogP contribution >= 0.6 is 0 Å². The van der Waals surface area contributed by atoms with E-state index in [1.54, 1.807) is 44.5 Å². The fraction of sp³-hybridized carbons (Fsp3) is 0.176. The van der Waals surface area contributed by atoms with Crippen molar-refractivity contribution in [2.24, 2.45) is 0 Å². The van der Waals surface area contributed by atoms with Crippen molar-refractivity contribution in [2.45, 2.75) is 13.5 Å². The Bertz CT molecular complexity index is 851. The first kappa shape index (κ1) is 14.9. The van der Waals surface area contributed by atoms with Gasteiger partial charge in [-0.05, 0) is 31.2 Å². The van der Waals surface area contributed by atoms with E-state index < -0.39 is 5.97 Å². The number of aromatic nitrogens is 1. The number of nitrogens with zero attached hydrogens (tertiary/aromatic N) is 1. The Hall–Kier alpha value is -3.02. The normalized spacial score (nSPS) is 10.7. The van der Waals surface area contributed by atoms with Gasteiger partial charge >= 0.3 is 5.97 Å². The van der Waals surface area contributed by atoms with Crippen LogP contribution in [-0.4, -0.2) is 23.2 Å². The second-order valence-corrected chi connectivity index (χ2v) is 4.99. The number of methoxy groups -OCH3 is 1. The van der Waals surface area contributed by atoms with Crippen LogP contribution in [0.25, 0.3) is 11.0 Å². The summed E-state index contributed by atoms with van der Waals surface area (Å²) in [6.45, 7) is 1.95. The van der Waals surface area contributed by atoms with E-state index in [0.717, 1.165) is 5.56 Å². The number of fused-ring (bicyclic) bond motifs is 1. The monoisotopic (exact) mass is 313 g/mol. The lowest BCUT2D eigenvalue weighted by Crippen LogP contribution is -1.98. The first-order chi connectivity index (χ1) is 11.1. The molecule has 23 heavy (non-hydrogen) atoms. The molecule has 0 unspecified atom stereocenters. The Balaban J connectivity index is 1.82. The fourth-order valence-electron chi connectivity index (χ4n) is 2.34. The maximum Gasteiger partial charge on any atom is 0.339 e. The maximum absolute atomic E-state index is 11.3. The van der Waals surface area contributed by atoms with Crippen molar-refractivity contribution in [3.05, 3.63) is 53.4 Å². The minimum atomic E-state index is -1.02. The van der Waals surface area contributed by atoms with E-state index in [4.69, 9.17) is 13.9 Å². The van der Waals surface area contributed by atoms with E-state index in [2.05, 4.69) is 4.98 Å². The van der Waals surface area contributed by atoms with Crippen molar-refractivity contribution in [2.75, 3.05) is 7.11 Å². The number of hydrogen-bond donors (Lipinski definition) is 1. The van der Waals surface area contributed by atoms with Crippen molar-refractivity contribution in [1.82, 2.24) is 4.98 Å². The summed E-state index contributed by atoms with van der Waals surface area (Å²) in [5.41, 5.74) is 1.57. The molecule has 1 N–H and O–H groups in total. The molecule has 0 spiro atoms. The average Bonchev–Trinajstić information content (AvgIpc) is 2.88. The molecule has 1 aromatic carbocycles. The van der Waals surface area contributed by atoms with Gasteiger partial charge in [-0.15, -0.1) is 0 Å². The van der Waals surface area contributed by atoms with Gasteiger partial charge in [0.2, 0.25) is 5.88 Å².